The molecule has 3 rings (SSSR count). The molecule has 1 N–H and O–H groups in total. The van der Waals surface area contributed by atoms with Crippen LogP contribution in [0.4, 0.5) is 4.79 Å². The van der Waals surface area contributed by atoms with Gasteiger partial charge in [-0.15, -0.1) is 11.6 Å². The summed E-state index contributed by atoms with van der Waals surface area (Å²) in [6.45, 7) is 4.56. The zero-order valence-corrected chi connectivity index (χ0v) is 11.8. The van der Waals surface area contributed by atoms with Gasteiger partial charge in [-0.2, -0.15) is 0 Å². The molecule has 2 atom stereocenters. The third kappa shape index (κ3) is 1.86. The molecule has 2 amide bonds. The summed E-state index contributed by atoms with van der Waals surface area (Å²) in [7, 11) is 0. The smallest absolute Gasteiger partial charge is 0.320 e. The molecule has 2 aliphatic heterocycles. The van der Waals surface area contributed by atoms with Crippen LogP contribution in [0.1, 0.15) is 37.4 Å². The molecule has 2 aliphatic rings. The van der Waals surface area contributed by atoms with Crippen molar-refractivity contribution in [1.29, 1.82) is 0 Å². The number of amides is 2. The van der Waals surface area contributed by atoms with Gasteiger partial charge in [-0.25, -0.2) is 4.79 Å². The van der Waals surface area contributed by atoms with Crippen LogP contribution >= 0.6 is 11.6 Å². The zero-order chi connectivity index (χ0) is 13.6. The first-order valence-electron chi connectivity index (χ1n) is 6.53. The van der Waals surface area contributed by atoms with Gasteiger partial charge < -0.3 is 10.1 Å². The second-order valence-corrected chi connectivity index (χ2v) is 5.50. The van der Waals surface area contributed by atoms with Crippen LogP contribution < -0.4 is 10.1 Å². The first-order valence-corrected chi connectivity index (χ1v) is 7.07. The summed E-state index contributed by atoms with van der Waals surface area (Å²) in [5.41, 5.74) is 1.51. The van der Waals surface area contributed by atoms with Crippen molar-refractivity contribution in [3.05, 3.63) is 29.3 Å². The predicted octanol–water partition coefficient (Wildman–Crippen LogP) is 3.01. The van der Waals surface area contributed by atoms with Crippen LogP contribution in [-0.2, 0) is 5.88 Å². The van der Waals surface area contributed by atoms with Crippen molar-refractivity contribution in [2.45, 2.75) is 37.9 Å². The molecule has 0 saturated carbocycles. The maximum absolute atomic E-state index is 12.1. The number of benzene rings is 1. The van der Waals surface area contributed by atoms with Crippen molar-refractivity contribution >= 4 is 17.6 Å². The van der Waals surface area contributed by atoms with Crippen LogP contribution in [0.3, 0.4) is 0 Å². The minimum Gasteiger partial charge on any atom is -0.468 e. The van der Waals surface area contributed by atoms with Gasteiger partial charge in [0.1, 0.15) is 5.75 Å². The largest absolute Gasteiger partial charge is 0.468 e. The van der Waals surface area contributed by atoms with Crippen molar-refractivity contribution in [2.75, 3.05) is 6.54 Å². The third-order valence-corrected chi connectivity index (χ3v) is 4.26. The normalized spacial score (nSPS) is 28.5. The van der Waals surface area contributed by atoms with Crippen LogP contribution in [0.15, 0.2) is 18.2 Å². The Morgan fingerprint density at radius 3 is 3.05 bits per heavy atom. The summed E-state index contributed by atoms with van der Waals surface area (Å²) in [4.78, 5) is 13.9. The lowest BCUT2D eigenvalue weighted by Gasteiger charge is -2.50. The highest BCUT2D eigenvalue weighted by molar-refractivity contribution is 6.17. The summed E-state index contributed by atoms with van der Waals surface area (Å²) >= 11 is 5.87. The SMILES string of the molecule is CCN1C(=O)NC2CC1(C)Oc1ccc(CCl)cc12. The van der Waals surface area contributed by atoms with Crippen LogP contribution in [-0.4, -0.2) is 23.2 Å². The Morgan fingerprint density at radius 1 is 1.58 bits per heavy atom. The maximum Gasteiger partial charge on any atom is 0.320 e. The number of rotatable bonds is 2. The van der Waals surface area contributed by atoms with Gasteiger partial charge in [0.05, 0.1) is 6.04 Å². The molecule has 0 aliphatic carbocycles. The predicted molar refractivity (Wildman–Crippen MR) is 73.3 cm³/mol. The number of fused-ring (bicyclic) bond motifs is 4. The molecule has 4 nitrogen and oxygen atoms in total. The number of carbonyl (C=O) groups is 1. The molecule has 1 fully saturated rings. The first-order chi connectivity index (χ1) is 9.07. The van der Waals surface area contributed by atoms with E-state index in [1.54, 1.807) is 4.90 Å². The van der Waals surface area contributed by atoms with Crippen molar-refractivity contribution in [3.63, 3.8) is 0 Å². The fraction of sp³-hybridized carbons (Fsp3) is 0.500. The maximum atomic E-state index is 12.1. The second-order valence-electron chi connectivity index (χ2n) is 5.23. The molecule has 1 aromatic rings. The molecule has 2 bridgehead atoms. The summed E-state index contributed by atoms with van der Waals surface area (Å²) in [6, 6.07) is 5.88. The van der Waals surface area contributed by atoms with E-state index in [0.29, 0.717) is 12.4 Å². The molecule has 102 valence electrons. The van der Waals surface area contributed by atoms with Gasteiger partial charge in [-0.1, -0.05) is 6.07 Å². The van der Waals surface area contributed by atoms with E-state index < -0.39 is 5.72 Å². The molecule has 2 heterocycles. The van der Waals surface area contributed by atoms with Crippen LogP contribution in [0, 0.1) is 0 Å². The van der Waals surface area contributed by atoms with Gasteiger partial charge in [0, 0.05) is 24.4 Å². The van der Waals surface area contributed by atoms with E-state index in [1.807, 2.05) is 32.0 Å². The molecule has 19 heavy (non-hydrogen) atoms. The van der Waals surface area contributed by atoms with Crippen LogP contribution in [0.25, 0.3) is 0 Å². The second kappa shape index (κ2) is 4.30. The molecule has 5 heteroatoms. The van der Waals surface area contributed by atoms with Gasteiger partial charge in [0.2, 0.25) is 0 Å². The van der Waals surface area contributed by atoms with E-state index in [2.05, 4.69) is 5.32 Å². The number of alkyl halides is 1. The summed E-state index contributed by atoms with van der Waals surface area (Å²) < 4.78 is 6.09. The molecule has 0 radical (unpaired) electrons. The topological polar surface area (TPSA) is 41.6 Å². The van der Waals surface area contributed by atoms with Crippen molar-refractivity contribution in [1.82, 2.24) is 10.2 Å². The van der Waals surface area contributed by atoms with E-state index in [4.69, 9.17) is 16.3 Å². The summed E-state index contributed by atoms with van der Waals surface area (Å²) in [5.74, 6) is 1.30. The lowest BCUT2D eigenvalue weighted by atomic mass is 9.90. The van der Waals surface area contributed by atoms with Gasteiger partial charge >= 0.3 is 6.03 Å². The minimum atomic E-state index is -0.558. The number of carbonyl (C=O) groups excluding carboxylic acids is 1. The van der Waals surface area contributed by atoms with E-state index in [1.165, 1.54) is 0 Å². The Morgan fingerprint density at radius 2 is 2.37 bits per heavy atom. The highest BCUT2D eigenvalue weighted by Crippen LogP contribution is 2.44. The standard InChI is InChI=1S/C14H17ClN2O2/c1-3-17-13(18)16-11-7-14(17,2)19-12-5-4-9(8-15)6-10(11)12/h4-6,11H,3,7-8H2,1-2H3,(H,16,18). The fourth-order valence-electron chi connectivity index (χ4n) is 3.03. The van der Waals surface area contributed by atoms with Crippen molar-refractivity contribution in [3.8, 4) is 5.75 Å². The molecule has 0 spiro atoms. The van der Waals surface area contributed by atoms with Crippen LogP contribution in [0.2, 0.25) is 0 Å². The lowest BCUT2D eigenvalue weighted by molar-refractivity contribution is -0.0815. The highest BCUT2D eigenvalue weighted by Gasteiger charge is 2.48. The average Bonchev–Trinajstić information content (AvgIpc) is 2.38. The molecule has 2 unspecified atom stereocenters. The minimum absolute atomic E-state index is 0.00668. The number of nitrogens with one attached hydrogen (secondary N) is 1. The third-order valence-electron chi connectivity index (χ3n) is 3.95. The fourth-order valence-corrected chi connectivity index (χ4v) is 3.19. The van der Waals surface area contributed by atoms with E-state index in [0.717, 1.165) is 23.3 Å². The zero-order valence-electron chi connectivity index (χ0n) is 11.1. The Labute approximate surface area is 117 Å². The number of ether oxygens (including phenoxy) is 1. The monoisotopic (exact) mass is 280 g/mol. The Balaban J connectivity index is 2.05. The molecule has 1 aromatic carbocycles. The number of nitrogens with zero attached hydrogens (tertiary/aromatic N) is 1. The van der Waals surface area contributed by atoms with E-state index in [9.17, 15) is 4.79 Å². The van der Waals surface area contributed by atoms with Gasteiger partial charge in [-0.05, 0) is 31.5 Å². The number of hydrogen-bond acceptors (Lipinski definition) is 2. The lowest BCUT2D eigenvalue weighted by Crippen LogP contribution is -2.64. The van der Waals surface area contributed by atoms with Crippen LogP contribution in [0.5, 0.6) is 5.75 Å². The van der Waals surface area contributed by atoms with Gasteiger partial charge in [-0.3, -0.25) is 4.90 Å². The summed E-state index contributed by atoms with van der Waals surface area (Å²) in [5, 5.41) is 3.05. The Kier molecular flexibility index (Phi) is 2.86. The number of urea groups is 1. The highest BCUT2D eigenvalue weighted by atomic mass is 35.5. The Bertz CT molecular complexity index is 534. The van der Waals surface area contributed by atoms with Crippen molar-refractivity contribution in [2.24, 2.45) is 0 Å². The molecule has 1 saturated heterocycles. The number of halogens is 1. The Hall–Kier alpha value is -1.42. The quantitative estimate of drug-likeness (QED) is 0.846. The number of hydrogen-bond donors (Lipinski definition) is 1. The molecule has 0 aromatic heterocycles. The molecular formula is C14H17ClN2O2. The molecular weight excluding hydrogens is 264 g/mol. The van der Waals surface area contributed by atoms with E-state index >= 15 is 0 Å². The average molecular weight is 281 g/mol. The first kappa shape index (κ1) is 12.6. The van der Waals surface area contributed by atoms with Crippen molar-refractivity contribution < 1.29 is 9.53 Å². The van der Waals surface area contributed by atoms with E-state index in [-0.39, 0.29) is 12.1 Å². The van der Waals surface area contributed by atoms with Gasteiger partial charge in [0.15, 0.2) is 5.72 Å². The van der Waals surface area contributed by atoms with Gasteiger partial charge in [0.25, 0.3) is 0 Å². The summed E-state index contributed by atoms with van der Waals surface area (Å²) in [6.07, 6.45) is 0.755.